The lowest BCUT2D eigenvalue weighted by atomic mass is 10.2. The van der Waals surface area contributed by atoms with Crippen LogP contribution in [-0.2, 0) is 22.6 Å². The van der Waals surface area contributed by atoms with E-state index in [0.717, 1.165) is 36.1 Å². The number of para-hydroxylation sites is 2. The first-order valence-corrected chi connectivity index (χ1v) is 8.91. The van der Waals surface area contributed by atoms with E-state index in [4.69, 9.17) is 14.9 Å². The molecule has 1 aliphatic rings. The molecule has 9 heteroatoms. The van der Waals surface area contributed by atoms with E-state index in [0.29, 0.717) is 12.2 Å². The smallest absolute Gasteiger partial charge is 0.328 e. The first kappa shape index (κ1) is 20.4. The van der Waals surface area contributed by atoms with Crippen molar-refractivity contribution in [3.05, 3.63) is 47.0 Å². The molecule has 144 valence electrons. The molecule has 0 radical (unpaired) electrons. The number of aliphatic carboxylic acids is 2. The summed E-state index contributed by atoms with van der Waals surface area (Å²) in [6.45, 7) is 2.06. The third kappa shape index (κ3) is 6.39. The molecule has 1 aliphatic heterocycles. The summed E-state index contributed by atoms with van der Waals surface area (Å²) in [5.74, 6) is -1.67. The number of carboxylic acid groups (broad SMARTS) is 2. The summed E-state index contributed by atoms with van der Waals surface area (Å²) in [4.78, 5) is 27.5. The zero-order chi connectivity index (χ0) is 19.8. The van der Waals surface area contributed by atoms with Crippen molar-refractivity contribution in [2.75, 3.05) is 26.0 Å². The van der Waals surface area contributed by atoms with E-state index in [1.165, 1.54) is 10.6 Å². The number of thiazole rings is 1. The summed E-state index contributed by atoms with van der Waals surface area (Å²) in [5.41, 5.74) is 2.17. The van der Waals surface area contributed by atoms with E-state index in [1.807, 2.05) is 24.3 Å². The molecule has 0 atom stereocenters. The van der Waals surface area contributed by atoms with Crippen molar-refractivity contribution in [3.63, 3.8) is 0 Å². The van der Waals surface area contributed by atoms with Gasteiger partial charge in [-0.1, -0.05) is 12.1 Å². The summed E-state index contributed by atoms with van der Waals surface area (Å²) in [6, 6.07) is 7.91. The second-order valence-electron chi connectivity index (χ2n) is 5.71. The third-order valence-electron chi connectivity index (χ3n) is 3.64. The number of aromatic nitrogens is 1. The van der Waals surface area contributed by atoms with Gasteiger partial charge < -0.3 is 25.2 Å². The van der Waals surface area contributed by atoms with Crippen LogP contribution in [-0.4, -0.2) is 52.7 Å². The maximum Gasteiger partial charge on any atom is 0.328 e. The first-order valence-electron chi connectivity index (χ1n) is 8.10. The predicted molar refractivity (Wildman–Crippen MR) is 103 cm³/mol. The average molecular weight is 391 g/mol. The van der Waals surface area contributed by atoms with Crippen LogP contribution in [0.25, 0.3) is 0 Å². The minimum absolute atomic E-state index is 0.558. The number of nitrogens with one attached hydrogen (secondary N) is 1. The molecular weight excluding hydrogens is 370 g/mol. The standard InChI is InChI=1S/C14H17N3OS.C4H4O4/c1-17-8-7-13-11(9-17)16-14(19-13)15-10-5-3-4-6-12(10)18-2;5-3(6)1-2-4(7)8/h3-6H,7-9H2,1-2H3,(H,15,16);1-2H,(H,5,6)(H,7,8)/b;2-1+. The number of nitrogens with zero attached hydrogens (tertiary/aromatic N) is 2. The van der Waals surface area contributed by atoms with Gasteiger partial charge in [0.25, 0.3) is 0 Å². The van der Waals surface area contributed by atoms with E-state index in [-0.39, 0.29) is 0 Å². The van der Waals surface area contributed by atoms with Gasteiger partial charge in [-0.15, -0.1) is 11.3 Å². The molecule has 0 amide bonds. The number of anilines is 2. The second-order valence-corrected chi connectivity index (χ2v) is 6.80. The lowest BCUT2D eigenvalue weighted by Gasteiger charge is -2.20. The normalized spacial score (nSPS) is 13.4. The fourth-order valence-corrected chi connectivity index (χ4v) is 3.36. The number of fused-ring (bicyclic) bond motifs is 1. The number of carbonyl (C=O) groups is 2. The lowest BCUT2D eigenvalue weighted by Crippen LogP contribution is -2.25. The molecule has 0 bridgehead atoms. The fourth-order valence-electron chi connectivity index (χ4n) is 2.39. The highest BCUT2D eigenvalue weighted by Crippen LogP contribution is 2.32. The molecule has 0 spiro atoms. The number of carboxylic acids is 2. The molecule has 1 aromatic carbocycles. The van der Waals surface area contributed by atoms with Gasteiger partial charge in [0.1, 0.15) is 5.75 Å². The molecule has 2 aromatic rings. The van der Waals surface area contributed by atoms with Crippen LogP contribution in [0.2, 0.25) is 0 Å². The van der Waals surface area contributed by atoms with E-state index in [9.17, 15) is 9.59 Å². The van der Waals surface area contributed by atoms with Crippen LogP contribution in [0, 0.1) is 0 Å². The van der Waals surface area contributed by atoms with Crippen LogP contribution in [0.1, 0.15) is 10.6 Å². The molecular formula is C18H21N3O5S. The van der Waals surface area contributed by atoms with E-state index >= 15 is 0 Å². The molecule has 0 unspecified atom stereocenters. The Bertz CT molecular complexity index is 818. The van der Waals surface area contributed by atoms with Crippen molar-refractivity contribution in [1.29, 1.82) is 0 Å². The van der Waals surface area contributed by atoms with Crippen LogP contribution in [0.3, 0.4) is 0 Å². The Morgan fingerprint density at radius 2 is 1.93 bits per heavy atom. The van der Waals surface area contributed by atoms with Gasteiger partial charge in [-0.25, -0.2) is 14.6 Å². The van der Waals surface area contributed by atoms with Crippen molar-refractivity contribution >= 4 is 34.1 Å². The Kier molecular flexibility index (Phi) is 7.33. The van der Waals surface area contributed by atoms with Gasteiger partial charge in [-0.3, -0.25) is 0 Å². The minimum Gasteiger partial charge on any atom is -0.495 e. The molecule has 1 aromatic heterocycles. The number of rotatable bonds is 5. The van der Waals surface area contributed by atoms with Crippen molar-refractivity contribution in [3.8, 4) is 5.75 Å². The summed E-state index contributed by atoms with van der Waals surface area (Å²) >= 11 is 1.75. The molecule has 0 saturated heterocycles. The highest BCUT2D eigenvalue weighted by atomic mass is 32.1. The number of likely N-dealkylation sites (N-methyl/N-ethyl adjacent to an activating group) is 1. The van der Waals surface area contributed by atoms with Crippen molar-refractivity contribution < 1.29 is 24.5 Å². The molecule has 0 saturated carbocycles. The molecule has 2 heterocycles. The molecule has 0 fully saturated rings. The quantitative estimate of drug-likeness (QED) is 0.667. The Hall–Kier alpha value is -2.91. The third-order valence-corrected chi connectivity index (χ3v) is 4.71. The topological polar surface area (TPSA) is 112 Å². The van der Waals surface area contributed by atoms with E-state index in [2.05, 4.69) is 22.2 Å². The zero-order valence-corrected chi connectivity index (χ0v) is 15.8. The molecule has 27 heavy (non-hydrogen) atoms. The number of ether oxygens (including phenoxy) is 1. The maximum absolute atomic E-state index is 9.55. The van der Waals surface area contributed by atoms with Gasteiger partial charge in [0.05, 0.1) is 18.5 Å². The molecule has 0 aliphatic carbocycles. The first-order chi connectivity index (χ1) is 12.9. The van der Waals surface area contributed by atoms with Gasteiger partial charge in [0.2, 0.25) is 0 Å². The Morgan fingerprint density at radius 1 is 1.26 bits per heavy atom. The Morgan fingerprint density at radius 3 is 2.56 bits per heavy atom. The second kappa shape index (κ2) is 9.70. The number of hydrogen-bond acceptors (Lipinski definition) is 7. The van der Waals surface area contributed by atoms with Crippen LogP contribution in [0.15, 0.2) is 36.4 Å². The Labute approximate surface area is 160 Å². The maximum atomic E-state index is 9.55. The van der Waals surface area contributed by atoms with Crippen LogP contribution in [0.5, 0.6) is 5.75 Å². The van der Waals surface area contributed by atoms with Crippen molar-refractivity contribution in [2.45, 2.75) is 13.0 Å². The zero-order valence-electron chi connectivity index (χ0n) is 15.0. The van der Waals surface area contributed by atoms with E-state index < -0.39 is 11.9 Å². The van der Waals surface area contributed by atoms with Gasteiger partial charge in [0.15, 0.2) is 5.13 Å². The summed E-state index contributed by atoms with van der Waals surface area (Å²) in [5, 5.41) is 19.9. The molecule has 8 nitrogen and oxygen atoms in total. The highest BCUT2D eigenvalue weighted by Gasteiger charge is 2.18. The predicted octanol–water partition coefficient (Wildman–Crippen LogP) is 2.59. The number of benzene rings is 1. The van der Waals surface area contributed by atoms with Crippen LogP contribution in [0.4, 0.5) is 10.8 Å². The SMILES string of the molecule is COc1ccccc1Nc1nc2c(s1)CCN(C)C2.O=C(O)/C=C/C(=O)O. The molecule has 3 N–H and O–H groups in total. The fraction of sp³-hybridized carbons (Fsp3) is 0.278. The van der Waals surface area contributed by atoms with Gasteiger partial charge in [-0.2, -0.15) is 0 Å². The highest BCUT2D eigenvalue weighted by molar-refractivity contribution is 7.15. The van der Waals surface area contributed by atoms with Crippen molar-refractivity contribution in [1.82, 2.24) is 9.88 Å². The summed E-state index contributed by atoms with van der Waals surface area (Å²) in [7, 11) is 3.82. The summed E-state index contributed by atoms with van der Waals surface area (Å²) < 4.78 is 5.34. The molecule has 3 rings (SSSR count). The van der Waals surface area contributed by atoms with Crippen LogP contribution < -0.4 is 10.1 Å². The average Bonchev–Trinajstić information content (AvgIpc) is 3.02. The minimum atomic E-state index is -1.26. The van der Waals surface area contributed by atoms with Gasteiger partial charge in [-0.05, 0) is 25.6 Å². The number of methoxy groups -OCH3 is 1. The van der Waals surface area contributed by atoms with Crippen LogP contribution >= 0.6 is 11.3 Å². The van der Waals surface area contributed by atoms with E-state index in [1.54, 1.807) is 18.4 Å². The number of hydrogen-bond donors (Lipinski definition) is 3. The largest absolute Gasteiger partial charge is 0.495 e. The van der Waals surface area contributed by atoms with Gasteiger partial charge >= 0.3 is 11.9 Å². The lowest BCUT2D eigenvalue weighted by molar-refractivity contribution is -0.134. The Balaban J connectivity index is 0.000000279. The summed E-state index contributed by atoms with van der Waals surface area (Å²) in [6.07, 6.45) is 2.21. The van der Waals surface area contributed by atoms with Gasteiger partial charge in [0, 0.05) is 30.1 Å². The monoisotopic (exact) mass is 391 g/mol. The van der Waals surface area contributed by atoms with Crippen molar-refractivity contribution in [2.24, 2.45) is 0 Å².